The van der Waals surface area contributed by atoms with Gasteiger partial charge in [-0.2, -0.15) is 0 Å². The summed E-state index contributed by atoms with van der Waals surface area (Å²) in [5.74, 6) is -0.238. The molecular weight excluding hydrogens is 436 g/mol. The minimum Gasteiger partial charge on any atom is -0.496 e. The number of anilines is 2. The number of hydrogen-bond donors (Lipinski definition) is 1. The van der Waals surface area contributed by atoms with Crippen LogP contribution in [0.3, 0.4) is 0 Å². The van der Waals surface area contributed by atoms with E-state index in [0.29, 0.717) is 11.4 Å². The number of benzene rings is 2. The average Bonchev–Trinajstić information content (AvgIpc) is 3.22. The molecule has 0 saturated heterocycles. The summed E-state index contributed by atoms with van der Waals surface area (Å²) in [5, 5.41) is 16.7. The van der Waals surface area contributed by atoms with Gasteiger partial charge in [0.05, 0.1) is 34.5 Å². The number of amides is 2. The molecule has 1 N–H and O–H groups in total. The average molecular weight is 454 g/mol. The molecule has 1 aromatic heterocycles. The first-order valence-corrected chi connectivity index (χ1v) is 10.4. The minimum atomic E-state index is -0.616. The highest BCUT2D eigenvalue weighted by Crippen LogP contribution is 2.36. The topological polar surface area (TPSA) is 124 Å². The normalized spacial score (nSPS) is 12.7. The molecule has 0 atom stereocenters. The summed E-state index contributed by atoms with van der Waals surface area (Å²) in [4.78, 5) is 41.7. The lowest BCUT2D eigenvalue weighted by molar-refractivity contribution is -0.384. The number of nitro benzene ring substituents is 1. The number of rotatable bonds is 6. The van der Waals surface area contributed by atoms with E-state index >= 15 is 0 Å². The fourth-order valence-electron chi connectivity index (χ4n) is 3.26. The van der Waals surface area contributed by atoms with Crippen LogP contribution in [0, 0.1) is 17.0 Å². The molecule has 0 bridgehead atoms. The Labute approximate surface area is 186 Å². The number of aryl methyl sites for hydroxylation is 1. The second-order valence-electron chi connectivity index (χ2n) is 6.89. The highest BCUT2D eigenvalue weighted by atomic mass is 32.1. The van der Waals surface area contributed by atoms with Gasteiger partial charge in [-0.1, -0.05) is 0 Å². The third-order valence-electron chi connectivity index (χ3n) is 4.79. The predicted octanol–water partition coefficient (Wildman–Crippen LogP) is 3.40. The van der Waals surface area contributed by atoms with Crippen molar-refractivity contribution in [2.24, 2.45) is 0 Å². The number of nitro groups is 1. The molecule has 3 aromatic rings. The van der Waals surface area contributed by atoms with Gasteiger partial charge in [0.1, 0.15) is 23.7 Å². The summed E-state index contributed by atoms with van der Waals surface area (Å²) in [6.45, 7) is 1.35. The number of carbonyl (C=O) groups excluding carboxylic acids is 2. The SMILES string of the molecule is COc1ccc(NC(=O)CN2C(=O)COc3ccc(-c4csc(C)n4)cc32)c([N+](=O)[O-])c1. The third-order valence-corrected chi connectivity index (χ3v) is 5.57. The summed E-state index contributed by atoms with van der Waals surface area (Å²) in [6.07, 6.45) is 0. The number of hydrogen-bond acceptors (Lipinski definition) is 8. The van der Waals surface area contributed by atoms with Crippen molar-refractivity contribution in [1.29, 1.82) is 0 Å². The highest BCUT2D eigenvalue weighted by molar-refractivity contribution is 7.09. The monoisotopic (exact) mass is 454 g/mol. The minimum absolute atomic E-state index is 0.00781. The van der Waals surface area contributed by atoms with Crippen molar-refractivity contribution in [3.63, 3.8) is 0 Å². The molecule has 2 heterocycles. The molecular formula is C21H18N4O6S. The van der Waals surface area contributed by atoms with Gasteiger partial charge in [0.2, 0.25) is 5.91 Å². The Morgan fingerprint density at radius 1 is 1.34 bits per heavy atom. The van der Waals surface area contributed by atoms with Crippen LogP contribution in [0.25, 0.3) is 11.3 Å². The number of aromatic nitrogens is 1. The summed E-state index contributed by atoms with van der Waals surface area (Å²) in [6, 6.07) is 9.40. The van der Waals surface area contributed by atoms with E-state index in [1.165, 1.54) is 41.5 Å². The zero-order valence-corrected chi connectivity index (χ0v) is 18.0. The number of carbonyl (C=O) groups is 2. The van der Waals surface area contributed by atoms with Crippen LogP contribution in [0.15, 0.2) is 41.8 Å². The van der Waals surface area contributed by atoms with Gasteiger partial charge < -0.3 is 14.8 Å². The Morgan fingerprint density at radius 2 is 2.16 bits per heavy atom. The van der Waals surface area contributed by atoms with Crippen molar-refractivity contribution in [1.82, 2.24) is 4.98 Å². The van der Waals surface area contributed by atoms with Crippen LogP contribution in [0.2, 0.25) is 0 Å². The summed E-state index contributed by atoms with van der Waals surface area (Å²) in [7, 11) is 1.39. The Hall–Kier alpha value is -3.99. The molecule has 2 amide bonds. The predicted molar refractivity (Wildman–Crippen MR) is 118 cm³/mol. The first-order chi connectivity index (χ1) is 15.4. The first kappa shape index (κ1) is 21.2. The lowest BCUT2D eigenvalue weighted by atomic mass is 10.1. The smallest absolute Gasteiger partial charge is 0.296 e. The summed E-state index contributed by atoms with van der Waals surface area (Å²) < 4.78 is 10.5. The van der Waals surface area contributed by atoms with Gasteiger partial charge in [0.25, 0.3) is 11.6 Å². The van der Waals surface area contributed by atoms with Gasteiger partial charge in [0, 0.05) is 10.9 Å². The zero-order chi connectivity index (χ0) is 22.8. The number of methoxy groups -OCH3 is 1. The van der Waals surface area contributed by atoms with Crippen LogP contribution in [-0.4, -0.2) is 42.0 Å². The van der Waals surface area contributed by atoms with Crippen LogP contribution in [-0.2, 0) is 9.59 Å². The van der Waals surface area contributed by atoms with E-state index in [0.717, 1.165) is 16.3 Å². The van der Waals surface area contributed by atoms with E-state index < -0.39 is 16.7 Å². The summed E-state index contributed by atoms with van der Waals surface area (Å²) in [5.41, 5.74) is 1.67. The molecule has 0 aliphatic carbocycles. The third kappa shape index (κ3) is 4.23. The molecule has 0 saturated carbocycles. The number of fused-ring (bicyclic) bond motifs is 1. The van der Waals surface area contributed by atoms with Crippen molar-refractivity contribution < 1.29 is 24.0 Å². The van der Waals surface area contributed by atoms with Crippen molar-refractivity contribution in [2.45, 2.75) is 6.92 Å². The van der Waals surface area contributed by atoms with Crippen LogP contribution < -0.4 is 19.7 Å². The van der Waals surface area contributed by atoms with E-state index in [-0.39, 0.29) is 30.3 Å². The molecule has 0 radical (unpaired) electrons. The maximum atomic E-state index is 12.7. The van der Waals surface area contributed by atoms with Gasteiger partial charge >= 0.3 is 0 Å². The fourth-order valence-corrected chi connectivity index (χ4v) is 3.88. The molecule has 10 nitrogen and oxygen atoms in total. The molecule has 1 aliphatic rings. The molecule has 2 aromatic carbocycles. The van der Waals surface area contributed by atoms with Gasteiger partial charge in [-0.25, -0.2) is 4.98 Å². The Kier molecular flexibility index (Phi) is 5.73. The number of nitrogens with one attached hydrogen (secondary N) is 1. The maximum Gasteiger partial charge on any atom is 0.296 e. The molecule has 0 spiro atoms. The molecule has 1 aliphatic heterocycles. The molecule has 0 fully saturated rings. The largest absolute Gasteiger partial charge is 0.496 e. The van der Waals surface area contributed by atoms with E-state index in [1.807, 2.05) is 18.4 Å². The van der Waals surface area contributed by atoms with Crippen LogP contribution in [0.1, 0.15) is 5.01 Å². The lowest BCUT2D eigenvalue weighted by Gasteiger charge is -2.29. The second kappa shape index (κ2) is 8.63. The number of thiazole rings is 1. The zero-order valence-electron chi connectivity index (χ0n) is 17.2. The number of nitrogens with zero attached hydrogens (tertiary/aromatic N) is 3. The molecule has 164 valence electrons. The standard InChI is InChI=1S/C21H18N4O6S/c1-12-22-16(11-32-12)13-3-6-19-18(7-13)24(21(27)10-31-19)9-20(26)23-15-5-4-14(30-2)8-17(15)25(28)29/h3-8,11H,9-10H2,1-2H3,(H,23,26). The van der Waals surface area contributed by atoms with E-state index in [2.05, 4.69) is 10.3 Å². The van der Waals surface area contributed by atoms with Gasteiger partial charge in [-0.05, 0) is 37.3 Å². The van der Waals surface area contributed by atoms with E-state index in [4.69, 9.17) is 9.47 Å². The second-order valence-corrected chi connectivity index (χ2v) is 7.95. The van der Waals surface area contributed by atoms with Crippen LogP contribution in [0.4, 0.5) is 17.1 Å². The fraction of sp³-hybridized carbons (Fsp3) is 0.190. The lowest BCUT2D eigenvalue weighted by Crippen LogP contribution is -2.43. The van der Waals surface area contributed by atoms with Crippen LogP contribution in [0.5, 0.6) is 11.5 Å². The Balaban J connectivity index is 1.59. The maximum absolute atomic E-state index is 12.7. The van der Waals surface area contributed by atoms with Gasteiger partial charge in [-0.3, -0.25) is 24.6 Å². The van der Waals surface area contributed by atoms with Crippen molar-refractivity contribution in [2.75, 3.05) is 30.5 Å². The molecule has 4 rings (SSSR count). The Bertz CT molecular complexity index is 1220. The van der Waals surface area contributed by atoms with Crippen molar-refractivity contribution >= 4 is 40.2 Å². The first-order valence-electron chi connectivity index (χ1n) is 9.47. The van der Waals surface area contributed by atoms with Crippen molar-refractivity contribution in [3.8, 4) is 22.8 Å². The molecule has 0 unspecified atom stereocenters. The van der Waals surface area contributed by atoms with Crippen molar-refractivity contribution in [3.05, 3.63) is 56.9 Å². The molecule has 11 heteroatoms. The molecule has 32 heavy (non-hydrogen) atoms. The summed E-state index contributed by atoms with van der Waals surface area (Å²) >= 11 is 1.51. The van der Waals surface area contributed by atoms with Gasteiger partial charge in [-0.15, -0.1) is 11.3 Å². The van der Waals surface area contributed by atoms with Gasteiger partial charge in [0.15, 0.2) is 6.61 Å². The quantitative estimate of drug-likeness (QED) is 0.447. The number of ether oxygens (including phenoxy) is 2. The highest BCUT2D eigenvalue weighted by Gasteiger charge is 2.29. The Morgan fingerprint density at radius 3 is 2.84 bits per heavy atom. The van der Waals surface area contributed by atoms with Crippen LogP contribution >= 0.6 is 11.3 Å². The van der Waals surface area contributed by atoms with E-state index in [9.17, 15) is 19.7 Å². The van der Waals surface area contributed by atoms with E-state index in [1.54, 1.807) is 12.1 Å².